The molecule has 2 aromatic carbocycles. The van der Waals surface area contributed by atoms with E-state index in [-0.39, 0.29) is 5.41 Å². The van der Waals surface area contributed by atoms with E-state index < -0.39 is 0 Å². The second kappa shape index (κ2) is 5.27. The quantitative estimate of drug-likeness (QED) is 0.468. The third kappa shape index (κ3) is 2.34. The number of hydrogen-bond donors (Lipinski definition) is 1. The van der Waals surface area contributed by atoms with Gasteiger partial charge in [0.05, 0.1) is 0 Å². The van der Waals surface area contributed by atoms with Crippen LogP contribution in [0.15, 0.2) is 59.0 Å². The van der Waals surface area contributed by atoms with Crippen molar-refractivity contribution in [2.24, 2.45) is 0 Å². The summed E-state index contributed by atoms with van der Waals surface area (Å²) in [6.07, 6.45) is 0. The van der Waals surface area contributed by atoms with Gasteiger partial charge in [0.2, 0.25) is 0 Å². The zero-order chi connectivity index (χ0) is 16.9. The van der Waals surface area contributed by atoms with Crippen molar-refractivity contribution in [3.8, 4) is 0 Å². The molecule has 122 valence electrons. The third-order valence-electron chi connectivity index (χ3n) is 5.03. The van der Waals surface area contributed by atoms with Crippen LogP contribution in [0, 0.1) is 0 Å². The molecule has 0 unspecified atom stereocenters. The van der Waals surface area contributed by atoms with Crippen molar-refractivity contribution in [2.45, 2.75) is 39.0 Å². The Hall–Kier alpha value is -2.48. The molecule has 1 N–H and O–H groups in total. The van der Waals surface area contributed by atoms with Crippen LogP contribution in [0.1, 0.15) is 50.6 Å². The second-order valence-electron chi connectivity index (χ2n) is 7.45. The van der Waals surface area contributed by atoms with E-state index in [0.29, 0.717) is 5.92 Å². The predicted octanol–water partition coefficient (Wildman–Crippen LogP) is 6.36. The normalized spacial score (nSPS) is 12.5. The number of fused-ring (bicyclic) bond motifs is 2. The van der Waals surface area contributed by atoms with E-state index in [0.717, 1.165) is 11.3 Å². The minimum atomic E-state index is -0.113. The molecular weight excluding hydrogens is 294 g/mol. The summed E-state index contributed by atoms with van der Waals surface area (Å²) in [5.74, 6) is 1.45. The van der Waals surface area contributed by atoms with Crippen molar-refractivity contribution >= 4 is 21.9 Å². The molecule has 4 aromatic rings. The fourth-order valence-electron chi connectivity index (χ4n) is 3.29. The number of furan rings is 1. The number of para-hydroxylation sites is 1. The molecule has 2 nitrogen and oxygen atoms in total. The first kappa shape index (κ1) is 15.1. The maximum atomic E-state index is 6.05. The van der Waals surface area contributed by atoms with Crippen molar-refractivity contribution < 1.29 is 4.42 Å². The van der Waals surface area contributed by atoms with Crippen LogP contribution in [0.5, 0.6) is 0 Å². The van der Waals surface area contributed by atoms with Gasteiger partial charge in [-0.25, -0.2) is 0 Å². The summed E-state index contributed by atoms with van der Waals surface area (Å²) in [7, 11) is 0. The Labute approximate surface area is 142 Å². The fraction of sp³-hybridized carbons (Fsp3) is 0.273. The van der Waals surface area contributed by atoms with Crippen LogP contribution in [-0.2, 0) is 5.41 Å². The minimum Gasteiger partial charge on any atom is -0.461 e. The highest BCUT2D eigenvalue weighted by atomic mass is 16.3. The van der Waals surface area contributed by atoms with E-state index in [1.165, 1.54) is 27.5 Å². The van der Waals surface area contributed by atoms with Gasteiger partial charge in [0, 0.05) is 27.9 Å². The van der Waals surface area contributed by atoms with Gasteiger partial charge >= 0.3 is 0 Å². The Bertz CT molecular complexity index is 984. The van der Waals surface area contributed by atoms with Gasteiger partial charge in [-0.15, -0.1) is 0 Å². The van der Waals surface area contributed by atoms with Gasteiger partial charge in [-0.2, -0.15) is 0 Å². The lowest BCUT2D eigenvalue weighted by Crippen LogP contribution is -2.19. The first-order chi connectivity index (χ1) is 11.4. The molecule has 0 spiro atoms. The highest BCUT2D eigenvalue weighted by Crippen LogP contribution is 2.35. The number of rotatable bonds is 3. The van der Waals surface area contributed by atoms with Crippen molar-refractivity contribution in [1.29, 1.82) is 0 Å². The number of benzene rings is 2. The zero-order valence-corrected chi connectivity index (χ0v) is 14.7. The standard InChI is InChI=1S/C22H23NO/c1-14(2)19-11-16-9-10-17(13-20(16)24-19)22(3,4)21-12-15-7-5-6-8-18(15)23-21/h5-14,23H,1-4H3. The first-order valence-electron chi connectivity index (χ1n) is 8.57. The molecule has 0 aliphatic heterocycles. The molecule has 0 amide bonds. The molecule has 0 saturated carbocycles. The average molecular weight is 317 g/mol. The average Bonchev–Trinajstić information content (AvgIpc) is 3.18. The van der Waals surface area contributed by atoms with E-state index in [4.69, 9.17) is 4.42 Å². The number of nitrogens with one attached hydrogen (secondary N) is 1. The molecule has 2 heterocycles. The van der Waals surface area contributed by atoms with Crippen LogP contribution in [-0.4, -0.2) is 4.98 Å². The van der Waals surface area contributed by atoms with E-state index in [1.807, 2.05) is 0 Å². The van der Waals surface area contributed by atoms with Crippen molar-refractivity contribution in [2.75, 3.05) is 0 Å². The largest absolute Gasteiger partial charge is 0.461 e. The fourth-order valence-corrected chi connectivity index (χ4v) is 3.29. The molecule has 2 heteroatoms. The summed E-state index contributed by atoms with van der Waals surface area (Å²) < 4.78 is 6.05. The van der Waals surface area contributed by atoms with E-state index in [2.05, 4.69) is 87.3 Å². The zero-order valence-electron chi connectivity index (χ0n) is 14.7. The maximum Gasteiger partial charge on any atom is 0.134 e. The minimum absolute atomic E-state index is 0.113. The molecule has 0 bridgehead atoms. The predicted molar refractivity (Wildman–Crippen MR) is 101 cm³/mol. The summed E-state index contributed by atoms with van der Waals surface area (Å²) in [6.45, 7) is 8.83. The highest BCUT2D eigenvalue weighted by molar-refractivity contribution is 5.82. The van der Waals surface area contributed by atoms with Gasteiger partial charge in [-0.05, 0) is 35.2 Å². The van der Waals surface area contributed by atoms with Gasteiger partial charge in [0.1, 0.15) is 11.3 Å². The van der Waals surface area contributed by atoms with Crippen LogP contribution >= 0.6 is 0 Å². The molecule has 0 saturated heterocycles. The van der Waals surface area contributed by atoms with Crippen molar-refractivity contribution in [3.05, 3.63) is 71.6 Å². The number of H-pyrrole nitrogens is 1. The molecule has 24 heavy (non-hydrogen) atoms. The van der Waals surface area contributed by atoms with Crippen LogP contribution in [0.25, 0.3) is 21.9 Å². The van der Waals surface area contributed by atoms with E-state index in [1.54, 1.807) is 0 Å². The highest BCUT2D eigenvalue weighted by Gasteiger charge is 2.26. The van der Waals surface area contributed by atoms with Crippen molar-refractivity contribution in [3.63, 3.8) is 0 Å². The number of aromatic nitrogens is 1. The molecular formula is C22H23NO. The van der Waals surface area contributed by atoms with Crippen LogP contribution in [0.2, 0.25) is 0 Å². The number of hydrogen-bond acceptors (Lipinski definition) is 1. The summed E-state index contributed by atoms with van der Waals surface area (Å²) >= 11 is 0. The van der Waals surface area contributed by atoms with Gasteiger partial charge in [-0.1, -0.05) is 58.0 Å². The van der Waals surface area contributed by atoms with Gasteiger partial charge in [0.25, 0.3) is 0 Å². The molecule has 0 aliphatic carbocycles. The first-order valence-corrected chi connectivity index (χ1v) is 8.57. The Morgan fingerprint density at radius 2 is 1.71 bits per heavy atom. The summed E-state index contributed by atoms with van der Waals surface area (Å²) in [6, 6.07) is 19.4. The Morgan fingerprint density at radius 3 is 2.46 bits per heavy atom. The van der Waals surface area contributed by atoms with Gasteiger partial charge in [-0.3, -0.25) is 0 Å². The monoisotopic (exact) mass is 317 g/mol. The Balaban J connectivity index is 1.81. The topological polar surface area (TPSA) is 28.9 Å². The summed E-state index contributed by atoms with van der Waals surface area (Å²) in [5, 5.41) is 2.43. The third-order valence-corrected chi connectivity index (χ3v) is 5.03. The smallest absolute Gasteiger partial charge is 0.134 e. The van der Waals surface area contributed by atoms with Crippen LogP contribution in [0.4, 0.5) is 0 Å². The summed E-state index contributed by atoms with van der Waals surface area (Å²) in [4.78, 5) is 3.58. The maximum absolute atomic E-state index is 6.05. The molecule has 0 atom stereocenters. The van der Waals surface area contributed by atoms with Crippen molar-refractivity contribution in [1.82, 2.24) is 4.98 Å². The number of aromatic amines is 1. The van der Waals surface area contributed by atoms with Crippen LogP contribution in [0.3, 0.4) is 0 Å². The van der Waals surface area contributed by atoms with Gasteiger partial charge in [0.15, 0.2) is 0 Å². The Kier molecular flexibility index (Phi) is 3.31. The summed E-state index contributed by atoms with van der Waals surface area (Å²) in [5.41, 5.74) is 4.52. The SMILES string of the molecule is CC(C)c1cc2ccc(C(C)(C)c3cc4ccccc4[nH]3)cc2o1. The second-order valence-corrected chi connectivity index (χ2v) is 7.45. The molecule has 0 aliphatic rings. The van der Waals surface area contributed by atoms with Crippen LogP contribution < -0.4 is 0 Å². The molecule has 0 fully saturated rings. The van der Waals surface area contributed by atoms with Gasteiger partial charge < -0.3 is 9.40 Å². The van der Waals surface area contributed by atoms with E-state index in [9.17, 15) is 0 Å². The van der Waals surface area contributed by atoms with E-state index >= 15 is 0 Å². The lowest BCUT2D eigenvalue weighted by Gasteiger charge is -2.24. The molecule has 4 rings (SSSR count). The Morgan fingerprint density at radius 1 is 0.917 bits per heavy atom. The lowest BCUT2D eigenvalue weighted by atomic mass is 9.81. The molecule has 2 aromatic heterocycles. The molecule has 0 radical (unpaired) electrons. The lowest BCUT2D eigenvalue weighted by molar-refractivity contribution is 0.520.